The highest BCUT2D eigenvalue weighted by atomic mass is 16.5. The summed E-state index contributed by atoms with van der Waals surface area (Å²) < 4.78 is 10.6. The first-order valence-electron chi connectivity index (χ1n) is 6.95. The molecule has 0 N–H and O–H groups in total. The van der Waals surface area contributed by atoms with Gasteiger partial charge in [0, 0.05) is 18.6 Å². The molecule has 0 amide bonds. The fourth-order valence-corrected chi connectivity index (χ4v) is 1.87. The molecule has 2 aromatic heterocycles. The van der Waals surface area contributed by atoms with Crippen LogP contribution in [0.3, 0.4) is 0 Å². The maximum Gasteiger partial charge on any atom is 0.343 e. The molecule has 0 radical (unpaired) electrons. The summed E-state index contributed by atoms with van der Waals surface area (Å²) in [5.41, 5.74) is 1.54. The molecule has 0 saturated heterocycles. The van der Waals surface area contributed by atoms with Crippen LogP contribution >= 0.6 is 0 Å². The van der Waals surface area contributed by atoms with Gasteiger partial charge in [-0.2, -0.15) is 0 Å². The van der Waals surface area contributed by atoms with Gasteiger partial charge in [0.05, 0.1) is 13.2 Å². The van der Waals surface area contributed by atoms with E-state index in [2.05, 4.69) is 9.97 Å². The van der Waals surface area contributed by atoms with Gasteiger partial charge in [-0.15, -0.1) is 0 Å². The van der Waals surface area contributed by atoms with Crippen LogP contribution in [0.5, 0.6) is 5.88 Å². The van der Waals surface area contributed by atoms with Crippen molar-refractivity contribution in [2.75, 3.05) is 13.2 Å². The lowest BCUT2D eigenvalue weighted by molar-refractivity contribution is 0.0495. The molecule has 2 rings (SSSR count). The molecular weight excluding hydrogens is 268 g/mol. The second kappa shape index (κ2) is 7.99. The van der Waals surface area contributed by atoms with Crippen LogP contribution < -0.4 is 4.74 Å². The van der Waals surface area contributed by atoms with Crippen molar-refractivity contribution in [3.8, 4) is 5.88 Å². The Kier molecular flexibility index (Phi) is 5.70. The van der Waals surface area contributed by atoms with Crippen molar-refractivity contribution >= 4 is 5.97 Å². The number of carbonyl (C=O) groups excluding carboxylic acids is 1. The largest absolute Gasteiger partial charge is 0.477 e. The summed E-state index contributed by atoms with van der Waals surface area (Å²) in [6.07, 6.45) is 6.71. The highest BCUT2D eigenvalue weighted by Gasteiger charge is 2.14. The smallest absolute Gasteiger partial charge is 0.343 e. The minimum atomic E-state index is -0.402. The van der Waals surface area contributed by atoms with Crippen molar-refractivity contribution in [1.29, 1.82) is 0 Å². The van der Waals surface area contributed by atoms with Crippen LogP contribution in [-0.4, -0.2) is 29.2 Å². The number of aryl methyl sites for hydroxylation is 1. The summed E-state index contributed by atoms with van der Waals surface area (Å²) in [5, 5.41) is 0. The molecule has 2 aromatic rings. The van der Waals surface area contributed by atoms with Crippen molar-refractivity contribution < 1.29 is 14.3 Å². The van der Waals surface area contributed by atoms with Crippen LogP contribution in [0.25, 0.3) is 0 Å². The Morgan fingerprint density at radius 1 is 1.19 bits per heavy atom. The summed E-state index contributed by atoms with van der Waals surface area (Å²) in [7, 11) is 0. The van der Waals surface area contributed by atoms with E-state index in [1.54, 1.807) is 30.7 Å². The normalized spacial score (nSPS) is 10.1. The molecule has 0 unspecified atom stereocenters. The number of pyridine rings is 2. The van der Waals surface area contributed by atoms with Gasteiger partial charge in [-0.1, -0.05) is 0 Å². The minimum Gasteiger partial charge on any atom is -0.477 e. The van der Waals surface area contributed by atoms with Crippen molar-refractivity contribution in [1.82, 2.24) is 9.97 Å². The molecule has 2 heterocycles. The molecule has 5 heteroatoms. The third kappa shape index (κ3) is 4.56. The van der Waals surface area contributed by atoms with Crippen LogP contribution in [-0.2, 0) is 11.2 Å². The summed E-state index contributed by atoms with van der Waals surface area (Å²) in [5.74, 6) is -0.0830. The molecule has 0 aromatic carbocycles. The molecule has 0 fully saturated rings. The van der Waals surface area contributed by atoms with Crippen molar-refractivity contribution in [3.63, 3.8) is 0 Å². The fraction of sp³-hybridized carbons (Fsp3) is 0.312. The topological polar surface area (TPSA) is 61.3 Å². The Labute approximate surface area is 124 Å². The van der Waals surface area contributed by atoms with E-state index in [9.17, 15) is 4.79 Å². The average Bonchev–Trinajstić information content (AvgIpc) is 2.53. The zero-order valence-electron chi connectivity index (χ0n) is 12.0. The first-order chi connectivity index (χ1) is 10.3. The van der Waals surface area contributed by atoms with Gasteiger partial charge in [0.25, 0.3) is 0 Å². The predicted octanol–water partition coefficient (Wildman–Crippen LogP) is 2.66. The van der Waals surface area contributed by atoms with Gasteiger partial charge < -0.3 is 9.47 Å². The first-order valence-corrected chi connectivity index (χ1v) is 6.95. The average molecular weight is 286 g/mol. The number of ether oxygens (including phenoxy) is 2. The van der Waals surface area contributed by atoms with E-state index >= 15 is 0 Å². The minimum absolute atomic E-state index is 0.319. The highest BCUT2D eigenvalue weighted by Crippen LogP contribution is 2.15. The van der Waals surface area contributed by atoms with Crippen LogP contribution in [0.2, 0.25) is 0 Å². The van der Waals surface area contributed by atoms with Gasteiger partial charge in [0.1, 0.15) is 5.56 Å². The third-order valence-corrected chi connectivity index (χ3v) is 2.86. The Morgan fingerprint density at radius 3 is 2.76 bits per heavy atom. The molecular formula is C16H18N2O3. The number of hydrogen-bond donors (Lipinski definition) is 0. The van der Waals surface area contributed by atoms with Gasteiger partial charge >= 0.3 is 5.97 Å². The van der Waals surface area contributed by atoms with E-state index in [1.807, 2.05) is 19.1 Å². The van der Waals surface area contributed by atoms with E-state index in [0.29, 0.717) is 24.7 Å². The van der Waals surface area contributed by atoms with Crippen LogP contribution in [0.1, 0.15) is 29.3 Å². The van der Waals surface area contributed by atoms with Gasteiger partial charge in [-0.3, -0.25) is 4.98 Å². The van der Waals surface area contributed by atoms with E-state index in [4.69, 9.17) is 9.47 Å². The van der Waals surface area contributed by atoms with E-state index < -0.39 is 5.97 Å². The molecule has 0 bridgehead atoms. The number of nitrogens with zero attached hydrogens (tertiary/aromatic N) is 2. The number of esters is 1. The Hall–Kier alpha value is -2.43. The molecule has 0 aliphatic carbocycles. The molecule has 0 aliphatic heterocycles. The lowest BCUT2D eigenvalue weighted by atomic mass is 10.1. The quantitative estimate of drug-likeness (QED) is 0.578. The summed E-state index contributed by atoms with van der Waals surface area (Å²) in [6, 6.07) is 7.26. The number of aromatic nitrogens is 2. The van der Waals surface area contributed by atoms with Crippen molar-refractivity contribution in [2.24, 2.45) is 0 Å². The molecule has 21 heavy (non-hydrogen) atoms. The van der Waals surface area contributed by atoms with Gasteiger partial charge in [0.2, 0.25) is 5.88 Å². The van der Waals surface area contributed by atoms with E-state index in [0.717, 1.165) is 12.8 Å². The molecule has 0 atom stereocenters. The Morgan fingerprint density at radius 2 is 2.00 bits per heavy atom. The lowest BCUT2D eigenvalue weighted by Crippen LogP contribution is -2.10. The maximum absolute atomic E-state index is 12.0. The lowest BCUT2D eigenvalue weighted by Gasteiger charge is -2.08. The maximum atomic E-state index is 12.0. The highest BCUT2D eigenvalue weighted by molar-refractivity contribution is 5.91. The number of hydrogen-bond acceptors (Lipinski definition) is 5. The Balaban J connectivity index is 1.82. The summed E-state index contributed by atoms with van der Waals surface area (Å²) in [6.45, 7) is 2.67. The van der Waals surface area contributed by atoms with Crippen molar-refractivity contribution in [3.05, 3.63) is 54.0 Å². The van der Waals surface area contributed by atoms with Crippen LogP contribution in [0, 0.1) is 0 Å². The number of carbonyl (C=O) groups is 1. The standard InChI is InChI=1S/C16H18N2O3/c1-2-20-15-14(6-3-9-18-15)16(19)21-12-4-5-13-7-10-17-11-8-13/h3,6-11H,2,4-5,12H2,1H3. The fourth-order valence-electron chi connectivity index (χ4n) is 1.87. The van der Waals surface area contributed by atoms with Crippen LogP contribution in [0.15, 0.2) is 42.9 Å². The summed E-state index contributed by atoms with van der Waals surface area (Å²) in [4.78, 5) is 20.0. The molecule has 0 aliphatic rings. The first kappa shape index (κ1) is 15.0. The molecule has 110 valence electrons. The SMILES string of the molecule is CCOc1ncccc1C(=O)OCCCc1ccncc1. The van der Waals surface area contributed by atoms with Crippen molar-refractivity contribution in [2.45, 2.75) is 19.8 Å². The zero-order chi connectivity index (χ0) is 14.9. The third-order valence-electron chi connectivity index (χ3n) is 2.86. The molecule has 0 spiro atoms. The van der Waals surface area contributed by atoms with Gasteiger partial charge in [-0.05, 0) is 49.6 Å². The van der Waals surface area contributed by atoms with Crippen LogP contribution in [0.4, 0.5) is 0 Å². The molecule has 5 nitrogen and oxygen atoms in total. The predicted molar refractivity (Wildman–Crippen MR) is 78.2 cm³/mol. The Bertz CT molecular complexity index is 573. The van der Waals surface area contributed by atoms with Gasteiger partial charge in [0.15, 0.2) is 0 Å². The monoisotopic (exact) mass is 286 g/mol. The van der Waals surface area contributed by atoms with E-state index in [-0.39, 0.29) is 0 Å². The molecule has 0 saturated carbocycles. The van der Waals surface area contributed by atoms with E-state index in [1.165, 1.54) is 5.56 Å². The second-order valence-corrected chi connectivity index (χ2v) is 4.38. The summed E-state index contributed by atoms with van der Waals surface area (Å²) >= 11 is 0. The van der Waals surface area contributed by atoms with Gasteiger partial charge in [-0.25, -0.2) is 9.78 Å². The second-order valence-electron chi connectivity index (χ2n) is 4.38. The zero-order valence-corrected chi connectivity index (χ0v) is 12.0. The number of rotatable bonds is 7.